The van der Waals surface area contributed by atoms with Crippen LogP contribution in [0.1, 0.15) is 10.4 Å². The normalized spacial score (nSPS) is 14.0. The molecule has 8 heteroatoms. The first-order chi connectivity index (χ1) is 14.6. The highest BCUT2D eigenvalue weighted by molar-refractivity contribution is 7.11. The van der Waals surface area contributed by atoms with Crippen LogP contribution in [0.3, 0.4) is 0 Å². The highest BCUT2D eigenvalue weighted by atomic mass is 32.1. The van der Waals surface area contributed by atoms with Gasteiger partial charge in [-0.2, -0.15) is 0 Å². The molecule has 0 unspecified atom stereocenters. The van der Waals surface area contributed by atoms with Crippen LogP contribution < -0.4 is 4.74 Å². The number of thiophene rings is 1. The van der Waals surface area contributed by atoms with Crippen LogP contribution in [-0.2, 0) is 25.6 Å². The topological polar surface area (TPSA) is 68.3 Å². The zero-order valence-electron chi connectivity index (χ0n) is 17.4. The van der Waals surface area contributed by atoms with Gasteiger partial charge in [-0.15, -0.1) is 11.3 Å². The average Bonchev–Trinajstić information content (AvgIpc) is 3.37. The lowest BCUT2D eigenvalue weighted by Gasteiger charge is -2.25. The number of hydrogen-bond acceptors (Lipinski definition) is 7. The minimum absolute atomic E-state index is 0.197. The molecule has 2 aromatic rings. The molecule has 1 aliphatic heterocycles. The summed E-state index contributed by atoms with van der Waals surface area (Å²) >= 11 is 1.44. The van der Waals surface area contributed by atoms with Gasteiger partial charge in [0.25, 0.3) is 11.8 Å². The quantitative estimate of drug-likeness (QED) is 0.511. The van der Waals surface area contributed by atoms with Crippen molar-refractivity contribution in [3.63, 3.8) is 0 Å². The Labute approximate surface area is 180 Å². The molecule has 0 radical (unpaired) electrons. The molecule has 1 aliphatic rings. The summed E-state index contributed by atoms with van der Waals surface area (Å²) in [5.74, 6) is 0.140. The second-order valence-electron chi connectivity index (χ2n) is 6.72. The minimum atomic E-state index is -0.300. The molecule has 0 aliphatic carbocycles. The summed E-state index contributed by atoms with van der Waals surface area (Å²) in [6, 6.07) is 11.1. The van der Waals surface area contributed by atoms with E-state index in [4.69, 9.17) is 14.2 Å². The van der Waals surface area contributed by atoms with Gasteiger partial charge in [0.15, 0.2) is 0 Å². The largest absolute Gasteiger partial charge is 0.497 e. The van der Waals surface area contributed by atoms with E-state index in [2.05, 4.69) is 0 Å². The van der Waals surface area contributed by atoms with E-state index in [0.29, 0.717) is 37.6 Å². The highest BCUT2D eigenvalue weighted by Gasteiger charge is 2.41. The molecule has 0 saturated carbocycles. The molecule has 7 nitrogen and oxygen atoms in total. The predicted octanol–water partition coefficient (Wildman–Crippen LogP) is 2.63. The van der Waals surface area contributed by atoms with Gasteiger partial charge in [0.2, 0.25) is 0 Å². The second-order valence-corrected chi connectivity index (χ2v) is 7.67. The van der Waals surface area contributed by atoms with Crippen LogP contribution in [0.2, 0.25) is 0 Å². The Kier molecular flexibility index (Phi) is 7.62. The van der Waals surface area contributed by atoms with Gasteiger partial charge in [0.1, 0.15) is 11.4 Å². The molecule has 0 spiro atoms. The fourth-order valence-electron chi connectivity index (χ4n) is 3.30. The van der Waals surface area contributed by atoms with Gasteiger partial charge in [0.05, 0.1) is 32.4 Å². The third-order valence-electron chi connectivity index (χ3n) is 4.86. The molecule has 2 heterocycles. The van der Waals surface area contributed by atoms with E-state index in [1.54, 1.807) is 21.3 Å². The van der Waals surface area contributed by atoms with Crippen LogP contribution in [-0.4, -0.2) is 69.2 Å². The molecule has 0 N–H and O–H groups in total. The molecule has 2 amide bonds. The Morgan fingerprint density at radius 2 is 1.60 bits per heavy atom. The van der Waals surface area contributed by atoms with Gasteiger partial charge in [-0.1, -0.05) is 18.2 Å². The number of nitrogens with zero attached hydrogens (tertiary/aromatic N) is 2. The van der Waals surface area contributed by atoms with E-state index in [1.807, 2.05) is 46.7 Å². The van der Waals surface area contributed by atoms with E-state index >= 15 is 0 Å². The van der Waals surface area contributed by atoms with Crippen molar-refractivity contribution in [1.29, 1.82) is 0 Å². The fourth-order valence-corrected chi connectivity index (χ4v) is 4.06. The van der Waals surface area contributed by atoms with Crippen molar-refractivity contribution in [1.82, 2.24) is 9.80 Å². The van der Waals surface area contributed by atoms with E-state index in [-0.39, 0.29) is 18.4 Å². The summed E-state index contributed by atoms with van der Waals surface area (Å²) in [7, 11) is 4.82. The monoisotopic (exact) mass is 430 g/mol. The minimum Gasteiger partial charge on any atom is -0.497 e. The van der Waals surface area contributed by atoms with Crippen molar-refractivity contribution in [2.75, 3.05) is 47.6 Å². The van der Waals surface area contributed by atoms with Gasteiger partial charge < -0.3 is 19.1 Å². The summed E-state index contributed by atoms with van der Waals surface area (Å²) in [6.45, 7) is 2.04. The van der Waals surface area contributed by atoms with E-state index in [1.165, 1.54) is 16.2 Å². The zero-order valence-corrected chi connectivity index (χ0v) is 18.2. The smallest absolute Gasteiger partial charge is 0.278 e. The number of amides is 2. The first kappa shape index (κ1) is 22.0. The number of carbonyl (C=O) groups is 2. The lowest BCUT2D eigenvalue weighted by molar-refractivity contribution is -0.138. The van der Waals surface area contributed by atoms with Gasteiger partial charge in [-0.3, -0.25) is 14.5 Å². The molecule has 0 atom stereocenters. The van der Waals surface area contributed by atoms with Crippen LogP contribution in [0, 0.1) is 0 Å². The van der Waals surface area contributed by atoms with Gasteiger partial charge in [0, 0.05) is 32.2 Å². The van der Waals surface area contributed by atoms with Crippen LogP contribution in [0.15, 0.2) is 47.5 Å². The number of benzene rings is 1. The van der Waals surface area contributed by atoms with Gasteiger partial charge >= 0.3 is 0 Å². The molecule has 1 aromatic carbocycles. The van der Waals surface area contributed by atoms with E-state index < -0.39 is 0 Å². The van der Waals surface area contributed by atoms with Crippen molar-refractivity contribution >= 4 is 28.7 Å². The van der Waals surface area contributed by atoms with Crippen molar-refractivity contribution < 1.29 is 23.8 Å². The molecule has 0 fully saturated rings. The van der Waals surface area contributed by atoms with Gasteiger partial charge in [-0.05, 0) is 29.1 Å². The number of hydrogen-bond donors (Lipinski definition) is 0. The van der Waals surface area contributed by atoms with E-state index in [0.717, 1.165) is 16.2 Å². The van der Waals surface area contributed by atoms with Crippen LogP contribution in [0.5, 0.6) is 5.75 Å². The van der Waals surface area contributed by atoms with Crippen molar-refractivity contribution in [3.05, 3.63) is 57.9 Å². The van der Waals surface area contributed by atoms with Crippen molar-refractivity contribution in [2.24, 2.45) is 0 Å². The van der Waals surface area contributed by atoms with Crippen LogP contribution in [0.25, 0.3) is 5.57 Å². The number of rotatable bonds is 11. The first-order valence-electron chi connectivity index (χ1n) is 9.60. The zero-order chi connectivity index (χ0) is 21.5. The molecule has 0 saturated heterocycles. The molecule has 160 valence electrons. The number of methoxy groups -OCH3 is 3. The SMILES string of the molecule is COCCN(CCOC)C1=C(c2cccs2)C(=O)N(Cc2ccc(OC)cc2)C1=O. The fraction of sp³-hybridized carbons (Fsp3) is 0.364. The van der Waals surface area contributed by atoms with Crippen molar-refractivity contribution in [3.8, 4) is 5.75 Å². The standard InChI is InChI=1S/C22H26N2O5S/c1-27-12-10-23(11-13-28-2)20-19(18-5-4-14-30-18)21(25)24(22(20)26)15-16-6-8-17(29-3)9-7-16/h4-9,14H,10-13,15H2,1-3H3. The van der Waals surface area contributed by atoms with Crippen molar-refractivity contribution in [2.45, 2.75) is 6.54 Å². The van der Waals surface area contributed by atoms with Gasteiger partial charge in [-0.25, -0.2) is 0 Å². The summed E-state index contributed by atoms with van der Waals surface area (Å²) in [6.07, 6.45) is 0. The van der Waals surface area contributed by atoms with E-state index in [9.17, 15) is 9.59 Å². The van der Waals surface area contributed by atoms with Crippen LogP contribution >= 0.6 is 11.3 Å². The molecule has 1 aromatic heterocycles. The third-order valence-corrected chi connectivity index (χ3v) is 5.75. The number of carbonyl (C=O) groups excluding carboxylic acids is 2. The molecular formula is C22H26N2O5S. The summed E-state index contributed by atoms with van der Waals surface area (Å²) in [5, 5.41) is 1.90. The molecular weight excluding hydrogens is 404 g/mol. The summed E-state index contributed by atoms with van der Waals surface area (Å²) in [5.41, 5.74) is 1.70. The summed E-state index contributed by atoms with van der Waals surface area (Å²) in [4.78, 5) is 30.7. The highest BCUT2D eigenvalue weighted by Crippen LogP contribution is 2.34. The maximum Gasteiger partial charge on any atom is 0.278 e. The number of ether oxygens (including phenoxy) is 3. The average molecular weight is 431 g/mol. The van der Waals surface area contributed by atoms with Crippen LogP contribution in [0.4, 0.5) is 0 Å². The maximum atomic E-state index is 13.4. The Morgan fingerprint density at radius 1 is 0.933 bits per heavy atom. The Bertz CT molecular complexity index is 885. The Balaban J connectivity index is 1.94. The third kappa shape index (κ3) is 4.72. The molecule has 0 bridgehead atoms. The number of imide groups is 1. The lowest BCUT2D eigenvalue weighted by atomic mass is 10.1. The lowest BCUT2D eigenvalue weighted by Crippen LogP contribution is -2.37. The predicted molar refractivity (Wildman–Crippen MR) is 115 cm³/mol. The second kappa shape index (κ2) is 10.4. The molecule has 30 heavy (non-hydrogen) atoms. The first-order valence-corrected chi connectivity index (χ1v) is 10.5. The summed E-state index contributed by atoms with van der Waals surface area (Å²) < 4.78 is 15.6. The Morgan fingerprint density at radius 3 is 2.13 bits per heavy atom. The maximum absolute atomic E-state index is 13.4. The molecule has 3 rings (SSSR count). The Hall–Kier alpha value is -2.68.